The highest BCUT2D eigenvalue weighted by molar-refractivity contribution is 5.92. The lowest BCUT2D eigenvalue weighted by Crippen LogP contribution is -2.20. The molecule has 0 radical (unpaired) electrons. The van der Waals surface area contributed by atoms with Crippen molar-refractivity contribution in [3.05, 3.63) is 72.9 Å². The molecule has 1 amide bonds. The Hall–Kier alpha value is -3.74. The van der Waals surface area contributed by atoms with Crippen molar-refractivity contribution in [2.75, 3.05) is 5.32 Å². The van der Waals surface area contributed by atoms with Crippen LogP contribution in [0.2, 0.25) is 0 Å². The van der Waals surface area contributed by atoms with Crippen LogP contribution in [0.15, 0.2) is 67.1 Å². The number of anilines is 1. The number of ether oxygens (including phenoxy) is 1. The summed E-state index contributed by atoms with van der Waals surface area (Å²) >= 11 is 0. The fourth-order valence-electron chi connectivity index (χ4n) is 3.01. The van der Waals surface area contributed by atoms with Gasteiger partial charge in [-0.2, -0.15) is 0 Å². The van der Waals surface area contributed by atoms with Gasteiger partial charge in [0, 0.05) is 30.6 Å². The molecule has 2 aromatic heterocycles. The van der Waals surface area contributed by atoms with Crippen molar-refractivity contribution in [1.29, 1.82) is 0 Å². The van der Waals surface area contributed by atoms with E-state index in [1.807, 2.05) is 47.9 Å². The Balaban J connectivity index is 1.49. The molecule has 0 bridgehead atoms. The number of hydrogen-bond donors (Lipinski definition) is 1. The summed E-state index contributed by atoms with van der Waals surface area (Å²) in [6, 6.07) is 15.0. The number of benzene rings is 2. The highest BCUT2D eigenvalue weighted by Gasteiger charge is 2.12. The van der Waals surface area contributed by atoms with Gasteiger partial charge in [0.05, 0.1) is 17.2 Å². The average molecular weight is 373 g/mol. The summed E-state index contributed by atoms with van der Waals surface area (Å²) in [4.78, 5) is 25.3. The maximum atomic E-state index is 12.6. The summed E-state index contributed by atoms with van der Waals surface area (Å²) in [5.41, 5.74) is 2.50. The van der Waals surface area contributed by atoms with E-state index in [1.54, 1.807) is 24.5 Å². The first-order valence-electron chi connectivity index (χ1n) is 9.01. The lowest BCUT2D eigenvalue weighted by molar-refractivity contribution is -0.116. The fraction of sp³-hybridized carbons (Fsp3) is 0.143. The second kappa shape index (κ2) is 7.87. The molecular formula is C21H19N5O2. The number of aryl methyl sites for hydroxylation is 1. The number of carbonyl (C=O) groups is 1. The van der Waals surface area contributed by atoms with Gasteiger partial charge in [-0.15, -0.1) is 0 Å². The van der Waals surface area contributed by atoms with Gasteiger partial charge in [0.2, 0.25) is 11.8 Å². The summed E-state index contributed by atoms with van der Waals surface area (Å²) < 4.78 is 7.61. The van der Waals surface area contributed by atoms with E-state index in [9.17, 15) is 4.79 Å². The molecule has 0 aliphatic rings. The molecule has 0 saturated carbocycles. The third kappa shape index (κ3) is 3.83. The Morgan fingerprint density at radius 1 is 1.14 bits per heavy atom. The van der Waals surface area contributed by atoms with E-state index in [1.165, 1.54) is 6.20 Å². The van der Waals surface area contributed by atoms with E-state index in [-0.39, 0.29) is 12.5 Å². The Morgan fingerprint density at radius 2 is 2.04 bits per heavy atom. The number of carbonyl (C=O) groups excluding carboxylic acids is 1. The molecule has 7 nitrogen and oxygen atoms in total. The summed E-state index contributed by atoms with van der Waals surface area (Å²) in [5, 5.41) is 2.92. The molecule has 1 N–H and O–H groups in total. The van der Waals surface area contributed by atoms with Gasteiger partial charge < -0.3 is 14.6 Å². The van der Waals surface area contributed by atoms with Crippen LogP contribution < -0.4 is 10.1 Å². The third-order valence-electron chi connectivity index (χ3n) is 4.23. The molecule has 4 aromatic rings. The fourth-order valence-corrected chi connectivity index (χ4v) is 3.01. The molecular weight excluding hydrogens is 354 g/mol. The smallest absolute Gasteiger partial charge is 0.244 e. The Morgan fingerprint density at radius 3 is 2.86 bits per heavy atom. The first kappa shape index (κ1) is 17.7. The molecule has 4 rings (SSSR count). The first-order chi connectivity index (χ1) is 13.7. The number of nitrogens with one attached hydrogen (secondary N) is 1. The molecule has 0 spiro atoms. The van der Waals surface area contributed by atoms with Crippen LogP contribution in [0.4, 0.5) is 5.69 Å². The minimum Gasteiger partial charge on any atom is -0.437 e. The van der Waals surface area contributed by atoms with E-state index in [2.05, 4.69) is 20.3 Å². The number of nitrogens with zero attached hydrogens (tertiary/aromatic N) is 4. The van der Waals surface area contributed by atoms with Gasteiger partial charge in [0.25, 0.3) is 0 Å². The maximum absolute atomic E-state index is 12.6. The van der Waals surface area contributed by atoms with Gasteiger partial charge >= 0.3 is 0 Å². The number of rotatable bonds is 6. The van der Waals surface area contributed by atoms with Crippen LogP contribution in [0.5, 0.6) is 11.6 Å². The molecule has 0 saturated heterocycles. The number of hydrogen-bond acceptors (Lipinski definition) is 5. The number of imidazole rings is 1. The average Bonchev–Trinajstić information content (AvgIpc) is 3.06. The molecule has 7 heteroatoms. The van der Waals surface area contributed by atoms with Crippen LogP contribution >= 0.6 is 0 Å². The van der Waals surface area contributed by atoms with Crippen LogP contribution in [-0.2, 0) is 17.8 Å². The minimum absolute atomic E-state index is 0.130. The monoisotopic (exact) mass is 373 g/mol. The van der Waals surface area contributed by atoms with Crippen LogP contribution in [0.25, 0.3) is 11.0 Å². The van der Waals surface area contributed by atoms with Crippen LogP contribution in [0, 0.1) is 0 Å². The number of para-hydroxylation sites is 2. The molecule has 140 valence electrons. The van der Waals surface area contributed by atoms with Crippen molar-refractivity contribution >= 4 is 22.6 Å². The highest BCUT2D eigenvalue weighted by atomic mass is 16.5. The normalized spacial score (nSPS) is 10.8. The number of aromatic nitrogens is 4. The topological polar surface area (TPSA) is 81.9 Å². The zero-order valence-corrected chi connectivity index (χ0v) is 15.4. The molecule has 0 atom stereocenters. The number of amides is 1. The molecule has 0 aliphatic heterocycles. The third-order valence-corrected chi connectivity index (χ3v) is 4.23. The Labute approximate surface area is 162 Å². The van der Waals surface area contributed by atoms with Crippen molar-refractivity contribution in [3.8, 4) is 11.6 Å². The molecule has 28 heavy (non-hydrogen) atoms. The highest BCUT2D eigenvalue weighted by Crippen LogP contribution is 2.22. The minimum atomic E-state index is -0.130. The molecule has 0 aliphatic carbocycles. The first-order valence-corrected chi connectivity index (χ1v) is 9.01. The SMILES string of the molecule is CCc1nc2ccccc2n1CC(=O)Nc1cccc(Oc2cnccn2)c1. The summed E-state index contributed by atoms with van der Waals surface area (Å²) in [7, 11) is 0. The largest absolute Gasteiger partial charge is 0.437 e. The molecule has 2 aromatic carbocycles. The van der Waals surface area contributed by atoms with Crippen molar-refractivity contribution in [2.24, 2.45) is 0 Å². The molecule has 0 unspecified atom stereocenters. The maximum Gasteiger partial charge on any atom is 0.244 e. The second-order valence-electron chi connectivity index (χ2n) is 6.18. The molecule has 0 fully saturated rings. The van der Waals surface area contributed by atoms with Crippen LogP contribution in [0.1, 0.15) is 12.7 Å². The van der Waals surface area contributed by atoms with E-state index >= 15 is 0 Å². The zero-order valence-electron chi connectivity index (χ0n) is 15.4. The lowest BCUT2D eigenvalue weighted by Gasteiger charge is -2.10. The van der Waals surface area contributed by atoms with E-state index < -0.39 is 0 Å². The predicted octanol–water partition coefficient (Wildman–Crippen LogP) is 3.82. The Bertz CT molecular complexity index is 1110. The van der Waals surface area contributed by atoms with Crippen molar-refractivity contribution in [3.63, 3.8) is 0 Å². The summed E-state index contributed by atoms with van der Waals surface area (Å²) in [5.74, 6) is 1.72. The predicted molar refractivity (Wildman–Crippen MR) is 106 cm³/mol. The quantitative estimate of drug-likeness (QED) is 0.556. The zero-order chi connectivity index (χ0) is 19.3. The van der Waals surface area contributed by atoms with Crippen LogP contribution in [0.3, 0.4) is 0 Å². The summed E-state index contributed by atoms with van der Waals surface area (Å²) in [6.07, 6.45) is 5.42. The molecule has 2 heterocycles. The Kier molecular flexibility index (Phi) is 4.97. The van der Waals surface area contributed by atoms with Crippen molar-refractivity contribution in [1.82, 2.24) is 19.5 Å². The number of fused-ring (bicyclic) bond motifs is 1. The summed E-state index contributed by atoms with van der Waals surface area (Å²) in [6.45, 7) is 2.22. The van der Waals surface area contributed by atoms with E-state index in [0.717, 1.165) is 23.3 Å². The van der Waals surface area contributed by atoms with Gasteiger partial charge in [-0.25, -0.2) is 9.97 Å². The standard InChI is InChI=1S/C21H19N5O2/c1-2-19-25-17-8-3-4-9-18(17)26(19)14-20(27)24-15-6-5-7-16(12-15)28-21-13-22-10-11-23-21/h3-13H,2,14H2,1H3,(H,24,27). The lowest BCUT2D eigenvalue weighted by atomic mass is 10.3. The van der Waals surface area contributed by atoms with Crippen molar-refractivity contribution < 1.29 is 9.53 Å². The van der Waals surface area contributed by atoms with Gasteiger partial charge in [-0.1, -0.05) is 25.1 Å². The van der Waals surface area contributed by atoms with Gasteiger partial charge in [-0.3, -0.25) is 9.78 Å². The van der Waals surface area contributed by atoms with Crippen molar-refractivity contribution in [2.45, 2.75) is 19.9 Å². The van der Waals surface area contributed by atoms with Gasteiger partial charge in [0.1, 0.15) is 18.1 Å². The van der Waals surface area contributed by atoms with E-state index in [4.69, 9.17) is 4.74 Å². The second-order valence-corrected chi connectivity index (χ2v) is 6.18. The van der Waals surface area contributed by atoms with E-state index in [0.29, 0.717) is 17.3 Å². The van der Waals surface area contributed by atoms with Gasteiger partial charge in [0.15, 0.2) is 0 Å². The van der Waals surface area contributed by atoms with Gasteiger partial charge in [-0.05, 0) is 24.3 Å². The van der Waals surface area contributed by atoms with Crippen LogP contribution in [-0.4, -0.2) is 25.4 Å².